The predicted octanol–water partition coefficient (Wildman–Crippen LogP) is 4.84. The number of nitrogens with one attached hydrogen (secondary N) is 2. The van der Waals surface area contributed by atoms with E-state index < -0.39 is 11.8 Å². The van der Waals surface area contributed by atoms with Crippen molar-refractivity contribution in [3.63, 3.8) is 0 Å². The summed E-state index contributed by atoms with van der Waals surface area (Å²) in [6.07, 6.45) is 3.03. The van der Waals surface area contributed by atoms with Gasteiger partial charge in [-0.3, -0.25) is 9.59 Å². The lowest BCUT2D eigenvalue weighted by Crippen LogP contribution is -2.30. The van der Waals surface area contributed by atoms with Crippen LogP contribution in [0.3, 0.4) is 0 Å². The number of furan rings is 1. The highest BCUT2D eigenvalue weighted by molar-refractivity contribution is 6.10. The van der Waals surface area contributed by atoms with Gasteiger partial charge in [0.05, 0.1) is 6.26 Å². The smallest absolute Gasteiger partial charge is 0.291 e. The number of hydrogen-bond donors (Lipinski definition) is 2. The van der Waals surface area contributed by atoms with Crippen LogP contribution in [-0.2, 0) is 4.79 Å². The molecule has 1 heterocycles. The van der Waals surface area contributed by atoms with Crippen molar-refractivity contribution in [1.29, 1.82) is 0 Å². The second kappa shape index (κ2) is 8.27. The number of benzene rings is 3. The highest BCUT2D eigenvalue weighted by Crippen LogP contribution is 2.19. The molecule has 0 bridgehead atoms. The van der Waals surface area contributed by atoms with E-state index in [-0.39, 0.29) is 11.5 Å². The van der Waals surface area contributed by atoms with Crippen LogP contribution in [0.1, 0.15) is 16.1 Å². The molecule has 0 fully saturated rings. The van der Waals surface area contributed by atoms with Gasteiger partial charge < -0.3 is 15.1 Å². The molecule has 4 aromatic rings. The SMILES string of the molecule is O=C(Nc1ccc2ccccc2c1)/C(=C\c1ccccc1)NC(=O)c1ccco1. The highest BCUT2D eigenvalue weighted by Gasteiger charge is 2.16. The fourth-order valence-electron chi connectivity index (χ4n) is 2.93. The van der Waals surface area contributed by atoms with Crippen molar-refractivity contribution >= 4 is 34.4 Å². The number of fused-ring (bicyclic) bond motifs is 1. The molecular weight excluding hydrogens is 364 g/mol. The van der Waals surface area contributed by atoms with Crippen LogP contribution in [0.2, 0.25) is 0 Å². The minimum absolute atomic E-state index is 0.116. The zero-order chi connectivity index (χ0) is 20.1. The van der Waals surface area contributed by atoms with Crippen LogP contribution in [-0.4, -0.2) is 11.8 Å². The van der Waals surface area contributed by atoms with Crippen molar-refractivity contribution in [1.82, 2.24) is 5.32 Å². The maximum Gasteiger partial charge on any atom is 0.291 e. The quantitative estimate of drug-likeness (QED) is 0.485. The second-order valence-corrected chi connectivity index (χ2v) is 6.42. The molecule has 1 aromatic heterocycles. The van der Waals surface area contributed by atoms with E-state index in [4.69, 9.17) is 4.42 Å². The summed E-state index contributed by atoms with van der Waals surface area (Å²) in [7, 11) is 0. The van der Waals surface area contributed by atoms with E-state index in [0.717, 1.165) is 16.3 Å². The summed E-state index contributed by atoms with van der Waals surface area (Å²) in [6, 6.07) is 26.0. The molecule has 2 N–H and O–H groups in total. The number of rotatable bonds is 5. The minimum atomic E-state index is -0.495. The van der Waals surface area contributed by atoms with E-state index in [9.17, 15) is 9.59 Å². The maximum atomic E-state index is 12.9. The zero-order valence-corrected chi connectivity index (χ0v) is 15.5. The fourth-order valence-corrected chi connectivity index (χ4v) is 2.93. The van der Waals surface area contributed by atoms with Crippen LogP contribution in [0.5, 0.6) is 0 Å². The standard InChI is InChI=1S/C24H18N2O3/c27-23(25-20-13-12-18-9-4-5-10-19(18)16-20)21(15-17-7-2-1-3-8-17)26-24(28)22-11-6-14-29-22/h1-16H,(H,25,27)(H,26,28)/b21-15+. The third-order valence-corrected chi connectivity index (χ3v) is 4.36. The van der Waals surface area contributed by atoms with Gasteiger partial charge in [-0.05, 0) is 46.7 Å². The van der Waals surface area contributed by atoms with Gasteiger partial charge in [0.15, 0.2) is 5.76 Å². The summed E-state index contributed by atoms with van der Waals surface area (Å²) in [6.45, 7) is 0. The van der Waals surface area contributed by atoms with Crippen molar-refractivity contribution in [2.75, 3.05) is 5.32 Å². The molecule has 0 spiro atoms. The van der Waals surface area contributed by atoms with Crippen molar-refractivity contribution < 1.29 is 14.0 Å². The number of anilines is 1. The van der Waals surface area contributed by atoms with E-state index in [1.165, 1.54) is 12.3 Å². The number of carbonyl (C=O) groups excluding carboxylic acids is 2. The second-order valence-electron chi connectivity index (χ2n) is 6.42. The van der Waals surface area contributed by atoms with E-state index in [1.807, 2.05) is 72.8 Å². The molecule has 3 aromatic carbocycles. The fraction of sp³-hybridized carbons (Fsp3) is 0. The summed E-state index contributed by atoms with van der Waals surface area (Å²) in [4.78, 5) is 25.3. The van der Waals surface area contributed by atoms with E-state index in [0.29, 0.717) is 5.69 Å². The lowest BCUT2D eigenvalue weighted by atomic mass is 10.1. The third-order valence-electron chi connectivity index (χ3n) is 4.36. The van der Waals surface area contributed by atoms with Gasteiger partial charge in [0.2, 0.25) is 0 Å². The minimum Gasteiger partial charge on any atom is -0.459 e. The molecule has 0 aliphatic rings. The molecule has 0 saturated heterocycles. The average molecular weight is 382 g/mol. The zero-order valence-electron chi connectivity index (χ0n) is 15.5. The Bertz CT molecular complexity index is 1180. The molecule has 0 atom stereocenters. The van der Waals surface area contributed by atoms with E-state index >= 15 is 0 Å². The van der Waals surface area contributed by atoms with Crippen LogP contribution >= 0.6 is 0 Å². The van der Waals surface area contributed by atoms with E-state index in [1.54, 1.807) is 12.1 Å². The molecule has 0 aliphatic heterocycles. The maximum absolute atomic E-state index is 12.9. The number of hydrogen-bond acceptors (Lipinski definition) is 3. The monoisotopic (exact) mass is 382 g/mol. The van der Waals surface area contributed by atoms with Gasteiger partial charge in [0.1, 0.15) is 5.70 Å². The molecule has 2 amide bonds. The number of carbonyl (C=O) groups is 2. The Morgan fingerprint density at radius 2 is 1.55 bits per heavy atom. The molecule has 0 saturated carbocycles. The molecular formula is C24H18N2O3. The number of amides is 2. The molecule has 0 radical (unpaired) electrons. The molecule has 142 valence electrons. The van der Waals surface area contributed by atoms with Crippen LogP contribution < -0.4 is 10.6 Å². The van der Waals surface area contributed by atoms with Gasteiger partial charge in [0, 0.05) is 5.69 Å². The van der Waals surface area contributed by atoms with Crippen molar-refractivity contribution in [3.8, 4) is 0 Å². The summed E-state index contributed by atoms with van der Waals surface area (Å²) in [5, 5.41) is 7.59. The normalized spacial score (nSPS) is 11.2. The molecule has 29 heavy (non-hydrogen) atoms. The summed E-state index contributed by atoms with van der Waals surface area (Å²) >= 11 is 0. The first-order chi connectivity index (χ1) is 14.2. The first-order valence-corrected chi connectivity index (χ1v) is 9.11. The molecule has 0 aliphatic carbocycles. The summed E-state index contributed by atoms with van der Waals surface area (Å²) in [5.74, 6) is -0.794. The largest absolute Gasteiger partial charge is 0.459 e. The first-order valence-electron chi connectivity index (χ1n) is 9.11. The Balaban J connectivity index is 1.61. The Hall–Kier alpha value is -4.12. The van der Waals surface area contributed by atoms with Gasteiger partial charge in [0.25, 0.3) is 11.8 Å². The van der Waals surface area contributed by atoms with Crippen LogP contribution in [0.25, 0.3) is 16.8 Å². The van der Waals surface area contributed by atoms with E-state index in [2.05, 4.69) is 10.6 Å². The van der Waals surface area contributed by atoms with Crippen LogP contribution in [0.4, 0.5) is 5.69 Å². The molecule has 4 rings (SSSR count). The van der Waals surface area contributed by atoms with Crippen LogP contribution in [0, 0.1) is 0 Å². The molecule has 5 heteroatoms. The van der Waals surface area contributed by atoms with Crippen molar-refractivity contribution in [2.45, 2.75) is 0 Å². The highest BCUT2D eigenvalue weighted by atomic mass is 16.3. The van der Waals surface area contributed by atoms with Gasteiger partial charge in [-0.2, -0.15) is 0 Å². The summed E-state index contributed by atoms with van der Waals surface area (Å²) in [5.41, 5.74) is 1.54. The lowest BCUT2D eigenvalue weighted by Gasteiger charge is -2.11. The van der Waals surface area contributed by atoms with Gasteiger partial charge in [-0.25, -0.2) is 0 Å². The third kappa shape index (κ3) is 4.42. The molecule has 0 unspecified atom stereocenters. The van der Waals surface area contributed by atoms with Crippen molar-refractivity contribution in [3.05, 3.63) is 108 Å². The van der Waals surface area contributed by atoms with Gasteiger partial charge >= 0.3 is 0 Å². The lowest BCUT2D eigenvalue weighted by molar-refractivity contribution is -0.113. The molecule has 5 nitrogen and oxygen atoms in total. The predicted molar refractivity (Wildman–Crippen MR) is 113 cm³/mol. The van der Waals surface area contributed by atoms with Crippen molar-refractivity contribution in [2.24, 2.45) is 0 Å². The Kier molecular flexibility index (Phi) is 5.21. The Labute approximate surface area is 167 Å². The van der Waals surface area contributed by atoms with Gasteiger partial charge in [-0.1, -0.05) is 60.7 Å². The van der Waals surface area contributed by atoms with Crippen LogP contribution in [0.15, 0.2) is 101 Å². The topological polar surface area (TPSA) is 71.3 Å². The summed E-state index contributed by atoms with van der Waals surface area (Å²) < 4.78 is 5.12. The Morgan fingerprint density at radius 1 is 0.793 bits per heavy atom. The van der Waals surface area contributed by atoms with Gasteiger partial charge in [-0.15, -0.1) is 0 Å². The average Bonchev–Trinajstić information content (AvgIpc) is 3.29. The first kappa shape index (κ1) is 18.3. The Morgan fingerprint density at radius 3 is 2.31 bits per heavy atom.